The molecule has 0 aliphatic rings. The molecule has 0 aliphatic heterocycles. The summed E-state index contributed by atoms with van der Waals surface area (Å²) in [5.74, 6) is 0.669. The molecule has 0 saturated heterocycles. The van der Waals surface area contributed by atoms with Gasteiger partial charge in [-0.3, -0.25) is 0 Å². The molecule has 2 heterocycles. The normalized spacial score (nSPS) is 12.4. The number of methoxy groups -OCH3 is 1. The second-order valence-corrected chi connectivity index (χ2v) is 5.49. The fourth-order valence-corrected chi connectivity index (χ4v) is 2.61. The predicted octanol–water partition coefficient (Wildman–Crippen LogP) is 2.58. The molecule has 1 atom stereocenters. The van der Waals surface area contributed by atoms with Crippen LogP contribution in [0.15, 0.2) is 23.8 Å². The van der Waals surface area contributed by atoms with Crippen molar-refractivity contribution in [1.29, 1.82) is 0 Å². The fourth-order valence-electron chi connectivity index (χ4n) is 1.88. The summed E-state index contributed by atoms with van der Waals surface area (Å²) in [6, 6.07) is 4.41. The highest BCUT2D eigenvalue weighted by Crippen LogP contribution is 2.13. The third kappa shape index (κ3) is 4.01. The van der Waals surface area contributed by atoms with E-state index in [0.717, 1.165) is 18.7 Å². The van der Waals surface area contributed by atoms with Crippen molar-refractivity contribution < 1.29 is 4.74 Å². The van der Waals surface area contributed by atoms with Crippen LogP contribution in [0.3, 0.4) is 0 Å². The minimum absolute atomic E-state index is 0.397. The fraction of sp³-hybridized carbons (Fsp3) is 0.429. The number of aryl methyl sites for hydroxylation is 1. The molecule has 0 fully saturated rings. The van der Waals surface area contributed by atoms with Gasteiger partial charge in [-0.25, -0.2) is 9.97 Å². The highest BCUT2D eigenvalue weighted by Gasteiger charge is 2.07. The zero-order valence-corrected chi connectivity index (χ0v) is 12.3. The van der Waals surface area contributed by atoms with Gasteiger partial charge in [-0.05, 0) is 31.9 Å². The lowest BCUT2D eigenvalue weighted by atomic mass is 10.1. The monoisotopic (exact) mass is 277 g/mol. The van der Waals surface area contributed by atoms with Crippen molar-refractivity contribution in [2.45, 2.75) is 32.9 Å². The van der Waals surface area contributed by atoms with Gasteiger partial charge in [0.2, 0.25) is 5.88 Å². The van der Waals surface area contributed by atoms with Gasteiger partial charge in [0.1, 0.15) is 0 Å². The van der Waals surface area contributed by atoms with Crippen LogP contribution in [0, 0.1) is 6.92 Å². The minimum Gasteiger partial charge on any atom is -0.481 e. The molecule has 0 aromatic carbocycles. The van der Waals surface area contributed by atoms with Crippen LogP contribution in [0.2, 0.25) is 0 Å². The Labute approximate surface area is 117 Å². The van der Waals surface area contributed by atoms with Crippen molar-refractivity contribution in [3.05, 3.63) is 40.0 Å². The molecule has 2 aromatic heterocycles. The second kappa shape index (κ2) is 6.63. The molecule has 0 unspecified atom stereocenters. The lowest BCUT2D eigenvalue weighted by Crippen LogP contribution is -2.27. The SMILES string of the molecule is COc1cc(C[C@H](C)NCc2scnc2C)ccn1. The summed E-state index contributed by atoms with van der Waals surface area (Å²) in [4.78, 5) is 9.67. The van der Waals surface area contributed by atoms with E-state index in [4.69, 9.17) is 4.74 Å². The lowest BCUT2D eigenvalue weighted by molar-refractivity contribution is 0.397. The van der Waals surface area contributed by atoms with Crippen LogP contribution in [0.25, 0.3) is 0 Å². The molecule has 0 radical (unpaired) electrons. The van der Waals surface area contributed by atoms with E-state index >= 15 is 0 Å². The molecule has 19 heavy (non-hydrogen) atoms. The van der Waals surface area contributed by atoms with Gasteiger partial charge >= 0.3 is 0 Å². The second-order valence-electron chi connectivity index (χ2n) is 4.55. The molecule has 5 heteroatoms. The smallest absolute Gasteiger partial charge is 0.213 e. The third-order valence-corrected chi connectivity index (χ3v) is 3.94. The molecule has 2 aromatic rings. The van der Waals surface area contributed by atoms with E-state index < -0.39 is 0 Å². The van der Waals surface area contributed by atoms with Gasteiger partial charge in [0.25, 0.3) is 0 Å². The first-order valence-electron chi connectivity index (χ1n) is 6.30. The molecular weight excluding hydrogens is 258 g/mol. The molecule has 0 spiro atoms. The summed E-state index contributed by atoms with van der Waals surface area (Å²) in [6.45, 7) is 5.11. The maximum atomic E-state index is 5.13. The number of pyridine rings is 1. The molecule has 2 rings (SSSR count). The number of ether oxygens (including phenoxy) is 1. The van der Waals surface area contributed by atoms with Crippen LogP contribution in [0.1, 0.15) is 23.1 Å². The van der Waals surface area contributed by atoms with E-state index in [1.165, 1.54) is 10.4 Å². The Kier molecular flexibility index (Phi) is 4.87. The van der Waals surface area contributed by atoms with Gasteiger partial charge in [-0.1, -0.05) is 0 Å². The van der Waals surface area contributed by atoms with Gasteiger partial charge in [0.15, 0.2) is 0 Å². The summed E-state index contributed by atoms with van der Waals surface area (Å²) < 4.78 is 5.13. The molecular formula is C14H19N3OS. The van der Waals surface area contributed by atoms with Gasteiger partial charge in [0.05, 0.1) is 18.3 Å². The highest BCUT2D eigenvalue weighted by atomic mass is 32.1. The maximum absolute atomic E-state index is 5.13. The Morgan fingerprint density at radius 3 is 2.95 bits per heavy atom. The van der Waals surface area contributed by atoms with Crippen molar-refractivity contribution in [2.24, 2.45) is 0 Å². The average molecular weight is 277 g/mol. The number of hydrogen-bond donors (Lipinski definition) is 1. The minimum atomic E-state index is 0.397. The number of thiazole rings is 1. The van der Waals surface area contributed by atoms with E-state index in [2.05, 4.69) is 22.2 Å². The summed E-state index contributed by atoms with van der Waals surface area (Å²) >= 11 is 1.70. The van der Waals surface area contributed by atoms with Crippen LogP contribution in [-0.4, -0.2) is 23.1 Å². The van der Waals surface area contributed by atoms with Crippen molar-refractivity contribution in [3.8, 4) is 5.88 Å². The topological polar surface area (TPSA) is 47.0 Å². The third-order valence-electron chi connectivity index (χ3n) is 3.01. The van der Waals surface area contributed by atoms with Gasteiger partial charge in [-0.15, -0.1) is 11.3 Å². The van der Waals surface area contributed by atoms with E-state index in [9.17, 15) is 0 Å². The number of aromatic nitrogens is 2. The molecule has 0 amide bonds. The summed E-state index contributed by atoms with van der Waals surface area (Å²) in [7, 11) is 1.64. The van der Waals surface area contributed by atoms with Crippen molar-refractivity contribution in [1.82, 2.24) is 15.3 Å². The Hall–Kier alpha value is -1.46. The predicted molar refractivity (Wildman–Crippen MR) is 77.6 cm³/mol. The first-order chi connectivity index (χ1) is 9.19. The quantitative estimate of drug-likeness (QED) is 0.881. The molecule has 4 nitrogen and oxygen atoms in total. The first-order valence-corrected chi connectivity index (χ1v) is 7.18. The molecule has 1 N–H and O–H groups in total. The van der Waals surface area contributed by atoms with Crippen molar-refractivity contribution in [2.75, 3.05) is 7.11 Å². The van der Waals surface area contributed by atoms with E-state index in [1.807, 2.05) is 24.6 Å². The summed E-state index contributed by atoms with van der Waals surface area (Å²) in [5, 5.41) is 3.52. The van der Waals surface area contributed by atoms with Crippen LogP contribution in [0.5, 0.6) is 5.88 Å². The molecule has 0 saturated carbocycles. The maximum Gasteiger partial charge on any atom is 0.213 e. The Morgan fingerprint density at radius 2 is 2.26 bits per heavy atom. The van der Waals surface area contributed by atoms with Gasteiger partial charge in [-0.2, -0.15) is 0 Å². The van der Waals surface area contributed by atoms with Crippen LogP contribution < -0.4 is 10.1 Å². The molecule has 0 aliphatic carbocycles. The Balaban J connectivity index is 1.87. The van der Waals surface area contributed by atoms with E-state index in [1.54, 1.807) is 24.6 Å². The van der Waals surface area contributed by atoms with E-state index in [0.29, 0.717) is 11.9 Å². The lowest BCUT2D eigenvalue weighted by Gasteiger charge is -2.13. The van der Waals surface area contributed by atoms with Gasteiger partial charge < -0.3 is 10.1 Å². The standard InChI is InChI=1S/C14H19N3OS/c1-10(16-8-13-11(2)17-9-19-13)6-12-4-5-15-14(7-12)18-3/h4-5,7,9-10,16H,6,8H2,1-3H3/t10-/m0/s1. The zero-order valence-electron chi connectivity index (χ0n) is 11.5. The number of nitrogens with zero attached hydrogens (tertiary/aromatic N) is 2. The number of rotatable bonds is 6. The summed E-state index contributed by atoms with van der Waals surface area (Å²) in [6.07, 6.45) is 2.74. The Bertz CT molecular complexity index is 527. The van der Waals surface area contributed by atoms with Crippen LogP contribution in [-0.2, 0) is 13.0 Å². The Morgan fingerprint density at radius 1 is 1.42 bits per heavy atom. The summed E-state index contributed by atoms with van der Waals surface area (Å²) in [5.41, 5.74) is 4.24. The first kappa shape index (κ1) is 14.0. The highest BCUT2D eigenvalue weighted by molar-refractivity contribution is 7.09. The largest absolute Gasteiger partial charge is 0.481 e. The van der Waals surface area contributed by atoms with Crippen LogP contribution in [0.4, 0.5) is 0 Å². The molecule has 102 valence electrons. The van der Waals surface area contributed by atoms with E-state index in [-0.39, 0.29) is 0 Å². The number of nitrogens with one attached hydrogen (secondary N) is 1. The molecule has 0 bridgehead atoms. The zero-order chi connectivity index (χ0) is 13.7. The van der Waals surface area contributed by atoms with Gasteiger partial charge in [0, 0.05) is 29.7 Å². The number of hydrogen-bond acceptors (Lipinski definition) is 5. The van der Waals surface area contributed by atoms with Crippen molar-refractivity contribution in [3.63, 3.8) is 0 Å². The average Bonchev–Trinajstić information content (AvgIpc) is 2.82. The van der Waals surface area contributed by atoms with Crippen molar-refractivity contribution >= 4 is 11.3 Å². The van der Waals surface area contributed by atoms with Crippen LogP contribution >= 0.6 is 11.3 Å².